The van der Waals surface area contributed by atoms with Crippen LogP contribution in [-0.4, -0.2) is 49.7 Å². The van der Waals surface area contributed by atoms with Gasteiger partial charge in [0.15, 0.2) is 11.5 Å². The Kier molecular flexibility index (Phi) is 8.23. The van der Waals surface area contributed by atoms with Gasteiger partial charge in [0.05, 0.1) is 14.2 Å². The number of alkyl halides is 3. The van der Waals surface area contributed by atoms with Crippen LogP contribution in [0.15, 0.2) is 35.7 Å². The minimum atomic E-state index is -5.11. The average molecular weight is 485 g/mol. The molecule has 0 radical (unpaired) electrons. The second-order valence-electron chi connectivity index (χ2n) is 7.84. The zero-order valence-electron chi connectivity index (χ0n) is 18.5. The fourth-order valence-electron chi connectivity index (χ4n) is 4.02. The topological polar surface area (TPSA) is 67.9 Å². The smallest absolute Gasteiger partial charge is 0.471 e. The Bertz CT molecular complexity index is 944. The van der Waals surface area contributed by atoms with E-state index in [-0.39, 0.29) is 19.0 Å². The molecule has 1 unspecified atom stereocenters. The Balaban J connectivity index is 1.89. The van der Waals surface area contributed by atoms with Gasteiger partial charge in [-0.15, -0.1) is 11.3 Å². The summed E-state index contributed by atoms with van der Waals surface area (Å²) in [5, 5.41) is 4.53. The van der Waals surface area contributed by atoms with Crippen molar-refractivity contribution >= 4 is 23.2 Å². The van der Waals surface area contributed by atoms with Gasteiger partial charge in [0.25, 0.3) is 0 Å². The fraction of sp³-hybridized carbons (Fsp3) is 0.478. The molecule has 2 aromatic rings. The Hall–Kier alpha value is -2.75. The highest BCUT2D eigenvalue weighted by Crippen LogP contribution is 2.32. The maximum absolute atomic E-state index is 13.6. The maximum atomic E-state index is 13.6. The van der Waals surface area contributed by atoms with E-state index in [4.69, 9.17) is 9.47 Å². The van der Waals surface area contributed by atoms with E-state index in [9.17, 15) is 22.8 Å². The zero-order chi connectivity index (χ0) is 24.0. The van der Waals surface area contributed by atoms with E-state index in [0.717, 1.165) is 37.0 Å². The molecule has 0 spiro atoms. The fourth-order valence-corrected chi connectivity index (χ4v) is 4.85. The molecule has 3 rings (SSSR count). The SMILES string of the molecule is COc1ccc(CCN(C(=O)C(F)(F)F)C(C(=O)NC2CCCC2)c2cccs2)cc1OC. The van der Waals surface area contributed by atoms with Gasteiger partial charge in [0, 0.05) is 17.5 Å². The summed E-state index contributed by atoms with van der Waals surface area (Å²) in [6.07, 6.45) is -1.54. The minimum absolute atomic E-state index is 0.0892. The summed E-state index contributed by atoms with van der Waals surface area (Å²) >= 11 is 1.15. The van der Waals surface area contributed by atoms with Gasteiger partial charge >= 0.3 is 12.1 Å². The third-order valence-electron chi connectivity index (χ3n) is 5.67. The number of methoxy groups -OCH3 is 2. The quantitative estimate of drug-likeness (QED) is 0.569. The van der Waals surface area contributed by atoms with Gasteiger partial charge in [-0.05, 0) is 48.4 Å². The summed E-state index contributed by atoms with van der Waals surface area (Å²) in [6.45, 7) is -0.297. The van der Waals surface area contributed by atoms with Crippen LogP contribution in [0.25, 0.3) is 0 Å². The van der Waals surface area contributed by atoms with E-state index in [1.165, 1.54) is 14.2 Å². The predicted molar refractivity (Wildman–Crippen MR) is 118 cm³/mol. The monoisotopic (exact) mass is 484 g/mol. The summed E-state index contributed by atoms with van der Waals surface area (Å²) in [6, 6.07) is 6.77. The third kappa shape index (κ3) is 6.19. The number of ether oxygens (including phenoxy) is 2. The number of amides is 2. The summed E-state index contributed by atoms with van der Waals surface area (Å²) in [5.74, 6) is -1.72. The van der Waals surface area contributed by atoms with Crippen molar-refractivity contribution in [2.24, 2.45) is 0 Å². The number of halogens is 3. The highest BCUT2D eigenvalue weighted by Gasteiger charge is 2.47. The van der Waals surface area contributed by atoms with Gasteiger partial charge < -0.3 is 19.7 Å². The largest absolute Gasteiger partial charge is 0.493 e. The van der Waals surface area contributed by atoms with E-state index < -0.39 is 24.0 Å². The first-order valence-corrected chi connectivity index (χ1v) is 11.5. The number of nitrogens with zero attached hydrogens (tertiary/aromatic N) is 1. The van der Waals surface area contributed by atoms with Crippen LogP contribution < -0.4 is 14.8 Å². The van der Waals surface area contributed by atoms with Crippen molar-refractivity contribution in [1.82, 2.24) is 10.2 Å². The van der Waals surface area contributed by atoms with Crippen LogP contribution in [0.4, 0.5) is 13.2 Å². The lowest BCUT2D eigenvalue weighted by molar-refractivity contribution is -0.188. The Morgan fingerprint density at radius 1 is 1.15 bits per heavy atom. The first-order chi connectivity index (χ1) is 15.7. The van der Waals surface area contributed by atoms with Crippen molar-refractivity contribution in [3.8, 4) is 11.5 Å². The molecule has 2 amide bonds. The molecule has 6 nitrogen and oxygen atoms in total. The molecule has 0 saturated heterocycles. The highest BCUT2D eigenvalue weighted by atomic mass is 32.1. The Morgan fingerprint density at radius 3 is 2.42 bits per heavy atom. The summed E-state index contributed by atoms with van der Waals surface area (Å²) in [5.41, 5.74) is 0.647. The van der Waals surface area contributed by atoms with Crippen molar-refractivity contribution in [3.05, 3.63) is 46.2 Å². The van der Waals surface area contributed by atoms with Crippen molar-refractivity contribution in [3.63, 3.8) is 0 Å². The normalized spacial score (nSPS) is 15.2. The van der Waals surface area contributed by atoms with Crippen LogP contribution in [0.3, 0.4) is 0 Å². The molecule has 10 heteroatoms. The van der Waals surface area contributed by atoms with E-state index >= 15 is 0 Å². The lowest BCUT2D eigenvalue weighted by Crippen LogP contribution is -2.50. The van der Waals surface area contributed by atoms with Gasteiger partial charge in [-0.1, -0.05) is 25.0 Å². The molecule has 1 aromatic carbocycles. The van der Waals surface area contributed by atoms with Crippen molar-refractivity contribution in [1.29, 1.82) is 0 Å². The molecule has 0 aliphatic heterocycles. The molecule has 33 heavy (non-hydrogen) atoms. The summed E-state index contributed by atoms with van der Waals surface area (Å²) < 4.78 is 51.1. The van der Waals surface area contributed by atoms with Gasteiger partial charge in [0.2, 0.25) is 5.91 Å². The first-order valence-electron chi connectivity index (χ1n) is 10.7. The maximum Gasteiger partial charge on any atom is 0.471 e. The van der Waals surface area contributed by atoms with Gasteiger partial charge in [-0.2, -0.15) is 13.2 Å². The van der Waals surface area contributed by atoms with E-state index in [1.807, 2.05) is 0 Å². The van der Waals surface area contributed by atoms with Crippen LogP contribution in [-0.2, 0) is 16.0 Å². The van der Waals surface area contributed by atoms with Crippen LogP contribution in [0.2, 0.25) is 0 Å². The lowest BCUT2D eigenvalue weighted by Gasteiger charge is -2.32. The number of hydrogen-bond acceptors (Lipinski definition) is 5. The van der Waals surface area contributed by atoms with Crippen molar-refractivity contribution < 1.29 is 32.2 Å². The second kappa shape index (κ2) is 10.9. The molecule has 1 aromatic heterocycles. The standard InChI is InChI=1S/C23H27F3N2O4S/c1-31-17-10-9-15(14-18(17)32-2)11-12-28(22(30)23(24,25)26)20(19-8-5-13-33-19)21(29)27-16-6-3-4-7-16/h5,8-10,13-14,16,20H,3-4,6-7,11-12H2,1-2H3,(H,27,29). The van der Waals surface area contributed by atoms with Gasteiger partial charge in [0.1, 0.15) is 6.04 Å². The number of hydrogen-bond donors (Lipinski definition) is 1. The summed E-state index contributed by atoms with van der Waals surface area (Å²) in [4.78, 5) is 26.6. The minimum Gasteiger partial charge on any atom is -0.493 e. The molecule has 1 heterocycles. The number of carbonyl (C=O) groups excluding carboxylic acids is 2. The third-order valence-corrected chi connectivity index (χ3v) is 6.59. The number of carbonyl (C=O) groups is 2. The van der Waals surface area contributed by atoms with Crippen LogP contribution in [0.1, 0.15) is 42.2 Å². The molecule has 1 atom stereocenters. The predicted octanol–water partition coefficient (Wildman–Crippen LogP) is 4.50. The molecule has 1 aliphatic rings. The number of benzene rings is 1. The van der Waals surface area contributed by atoms with Crippen LogP contribution >= 0.6 is 11.3 Å². The van der Waals surface area contributed by atoms with E-state index in [1.54, 1.807) is 35.7 Å². The van der Waals surface area contributed by atoms with Crippen molar-refractivity contribution in [2.45, 2.75) is 50.4 Å². The number of thiophene rings is 1. The molecule has 1 saturated carbocycles. The Labute approximate surface area is 194 Å². The van der Waals surface area contributed by atoms with Gasteiger partial charge in [-0.3, -0.25) is 9.59 Å². The average Bonchev–Trinajstić information content (AvgIpc) is 3.49. The molecule has 180 valence electrons. The van der Waals surface area contributed by atoms with Crippen molar-refractivity contribution in [2.75, 3.05) is 20.8 Å². The molecule has 0 bridgehead atoms. The molecule has 1 aliphatic carbocycles. The number of rotatable bonds is 9. The summed E-state index contributed by atoms with van der Waals surface area (Å²) in [7, 11) is 2.94. The molecular weight excluding hydrogens is 457 g/mol. The Morgan fingerprint density at radius 2 is 1.85 bits per heavy atom. The second-order valence-corrected chi connectivity index (χ2v) is 8.82. The van der Waals surface area contributed by atoms with Crippen LogP contribution in [0, 0.1) is 0 Å². The van der Waals surface area contributed by atoms with Crippen LogP contribution in [0.5, 0.6) is 11.5 Å². The zero-order valence-corrected chi connectivity index (χ0v) is 19.3. The highest BCUT2D eigenvalue weighted by molar-refractivity contribution is 7.10. The number of nitrogens with one attached hydrogen (secondary N) is 1. The first kappa shape index (κ1) is 24.9. The molecule has 1 N–H and O–H groups in total. The lowest BCUT2D eigenvalue weighted by atomic mass is 10.1. The van der Waals surface area contributed by atoms with Gasteiger partial charge in [-0.25, -0.2) is 0 Å². The molecule has 1 fully saturated rings. The molecular formula is C23H27F3N2O4S. The van der Waals surface area contributed by atoms with E-state index in [2.05, 4.69) is 5.32 Å². The van der Waals surface area contributed by atoms with E-state index in [0.29, 0.717) is 26.8 Å².